The van der Waals surface area contributed by atoms with Gasteiger partial charge < -0.3 is 15.0 Å². The molecule has 3 aromatic carbocycles. The molecular weight excluding hydrogens is 524 g/mol. The van der Waals surface area contributed by atoms with Gasteiger partial charge in [-0.05, 0) is 60.4 Å². The van der Waals surface area contributed by atoms with Crippen molar-refractivity contribution in [1.82, 2.24) is 15.1 Å². The smallest absolute Gasteiger partial charge is 0.318 e. The topological polar surface area (TPSA) is 91.0 Å². The number of urea groups is 1. The molecule has 2 aliphatic rings. The van der Waals surface area contributed by atoms with Gasteiger partial charge in [-0.3, -0.25) is 9.62 Å². The third-order valence-electron chi connectivity index (χ3n) is 7.71. The standard InChI is InChI=1S/C31H38N4O4S/c1-3-4-19-35-29-18-20-34(22-28(29)30(32-31(35)36)24-8-6-5-7-9-24)21-23-10-14-26(15-11-23)39-27-16-12-25(13-17-27)33-40(2,37)38/h5-17,28-30,33H,3-4,18-22H2,1-2H3,(H,32,36). The fourth-order valence-corrected chi connectivity index (χ4v) is 6.38. The van der Waals surface area contributed by atoms with Gasteiger partial charge in [0.25, 0.3) is 0 Å². The second-order valence-corrected chi connectivity index (χ2v) is 12.5. The average Bonchev–Trinajstić information content (AvgIpc) is 2.94. The first-order valence-electron chi connectivity index (χ1n) is 14.0. The number of rotatable bonds is 10. The van der Waals surface area contributed by atoms with Gasteiger partial charge in [-0.25, -0.2) is 13.2 Å². The van der Waals surface area contributed by atoms with Crippen LogP contribution in [0.3, 0.4) is 0 Å². The van der Waals surface area contributed by atoms with Gasteiger partial charge in [0, 0.05) is 43.8 Å². The van der Waals surface area contributed by atoms with Crippen molar-refractivity contribution in [3.8, 4) is 11.5 Å². The van der Waals surface area contributed by atoms with Crippen LogP contribution in [0.4, 0.5) is 10.5 Å². The highest BCUT2D eigenvalue weighted by Gasteiger charge is 2.44. The third kappa shape index (κ3) is 6.95. The van der Waals surface area contributed by atoms with Crippen LogP contribution >= 0.6 is 0 Å². The number of benzene rings is 3. The molecule has 8 nitrogen and oxygen atoms in total. The zero-order valence-electron chi connectivity index (χ0n) is 23.1. The predicted molar refractivity (Wildman–Crippen MR) is 158 cm³/mol. The second-order valence-electron chi connectivity index (χ2n) is 10.8. The molecule has 9 heteroatoms. The molecule has 2 fully saturated rings. The number of ether oxygens (including phenoxy) is 1. The van der Waals surface area contributed by atoms with E-state index in [0.29, 0.717) is 17.4 Å². The van der Waals surface area contributed by atoms with Gasteiger partial charge in [-0.2, -0.15) is 0 Å². The van der Waals surface area contributed by atoms with Crippen molar-refractivity contribution in [2.24, 2.45) is 5.92 Å². The SMILES string of the molecule is CCCCN1C(=O)NC(c2ccccc2)C2CN(Cc3ccc(Oc4ccc(NS(C)(=O)=O)cc4)cc3)CCC21. The number of likely N-dealkylation sites (tertiary alicyclic amines) is 1. The summed E-state index contributed by atoms with van der Waals surface area (Å²) in [6.45, 7) is 5.67. The van der Waals surface area contributed by atoms with E-state index in [1.165, 1.54) is 11.1 Å². The fourth-order valence-electron chi connectivity index (χ4n) is 5.82. The zero-order valence-corrected chi connectivity index (χ0v) is 23.9. The first kappa shape index (κ1) is 28.0. The molecule has 2 aliphatic heterocycles. The van der Waals surface area contributed by atoms with Crippen LogP contribution in [-0.4, -0.2) is 56.2 Å². The molecule has 40 heavy (non-hydrogen) atoms. The Balaban J connectivity index is 1.24. The highest BCUT2D eigenvalue weighted by molar-refractivity contribution is 7.92. The molecular formula is C31H38N4O4S. The van der Waals surface area contributed by atoms with Crippen molar-refractivity contribution in [3.63, 3.8) is 0 Å². The van der Waals surface area contributed by atoms with Crippen molar-refractivity contribution in [2.75, 3.05) is 30.6 Å². The molecule has 3 atom stereocenters. The second kappa shape index (κ2) is 12.3. The average molecular weight is 563 g/mol. The van der Waals surface area contributed by atoms with E-state index in [1.807, 2.05) is 30.3 Å². The number of fused-ring (bicyclic) bond motifs is 1. The van der Waals surface area contributed by atoms with Crippen LogP contribution in [0.2, 0.25) is 0 Å². The van der Waals surface area contributed by atoms with E-state index in [9.17, 15) is 13.2 Å². The van der Waals surface area contributed by atoms with E-state index >= 15 is 0 Å². The summed E-state index contributed by atoms with van der Waals surface area (Å²) in [7, 11) is -3.31. The van der Waals surface area contributed by atoms with Crippen LogP contribution in [0.1, 0.15) is 43.4 Å². The van der Waals surface area contributed by atoms with Gasteiger partial charge in [-0.15, -0.1) is 0 Å². The first-order chi connectivity index (χ1) is 19.3. The van der Waals surface area contributed by atoms with Gasteiger partial charge in [-0.1, -0.05) is 55.8 Å². The van der Waals surface area contributed by atoms with Crippen molar-refractivity contribution in [1.29, 1.82) is 0 Å². The predicted octanol–water partition coefficient (Wildman–Crippen LogP) is 5.61. The number of anilines is 1. The van der Waals surface area contributed by atoms with Crippen molar-refractivity contribution in [3.05, 3.63) is 90.0 Å². The molecule has 0 aliphatic carbocycles. The van der Waals surface area contributed by atoms with Crippen LogP contribution < -0.4 is 14.8 Å². The van der Waals surface area contributed by atoms with E-state index in [-0.39, 0.29) is 18.1 Å². The molecule has 0 bridgehead atoms. The molecule has 2 saturated heterocycles. The number of nitrogens with one attached hydrogen (secondary N) is 2. The van der Waals surface area contributed by atoms with E-state index < -0.39 is 10.0 Å². The van der Waals surface area contributed by atoms with Crippen molar-refractivity contribution >= 4 is 21.7 Å². The molecule has 2 heterocycles. The third-order valence-corrected chi connectivity index (χ3v) is 8.31. The summed E-state index contributed by atoms with van der Waals surface area (Å²) in [6, 6.07) is 25.6. The summed E-state index contributed by atoms with van der Waals surface area (Å²) >= 11 is 0. The van der Waals surface area contributed by atoms with Gasteiger partial charge in [0.15, 0.2) is 0 Å². The van der Waals surface area contributed by atoms with Crippen LogP contribution in [0.5, 0.6) is 11.5 Å². The van der Waals surface area contributed by atoms with Crippen LogP contribution in [-0.2, 0) is 16.6 Å². The Kier molecular flexibility index (Phi) is 8.61. The highest BCUT2D eigenvalue weighted by atomic mass is 32.2. The number of nitrogens with zero attached hydrogens (tertiary/aromatic N) is 2. The minimum atomic E-state index is -3.31. The Bertz CT molecular complexity index is 1380. The molecule has 0 radical (unpaired) electrons. The lowest BCUT2D eigenvalue weighted by molar-refractivity contribution is 0.0275. The van der Waals surface area contributed by atoms with Gasteiger partial charge >= 0.3 is 6.03 Å². The lowest BCUT2D eigenvalue weighted by atomic mass is 9.80. The number of amides is 2. The molecule has 5 rings (SSSR count). The molecule has 0 saturated carbocycles. The molecule has 2 N–H and O–H groups in total. The van der Waals surface area contributed by atoms with Crippen molar-refractivity contribution in [2.45, 2.75) is 44.8 Å². The Labute approximate surface area is 237 Å². The summed E-state index contributed by atoms with van der Waals surface area (Å²) < 4.78 is 31.2. The summed E-state index contributed by atoms with van der Waals surface area (Å²) in [4.78, 5) is 17.7. The Hall–Kier alpha value is -3.56. The van der Waals surface area contributed by atoms with Gasteiger partial charge in [0.05, 0.1) is 12.3 Å². The first-order valence-corrected chi connectivity index (χ1v) is 15.9. The largest absolute Gasteiger partial charge is 0.457 e. The van der Waals surface area contributed by atoms with E-state index in [0.717, 1.165) is 57.4 Å². The number of carbonyl (C=O) groups excluding carboxylic acids is 1. The van der Waals surface area contributed by atoms with Gasteiger partial charge in [0.2, 0.25) is 10.0 Å². The number of piperidine rings is 1. The maximum absolute atomic E-state index is 13.1. The van der Waals surface area contributed by atoms with E-state index in [4.69, 9.17) is 4.74 Å². The highest BCUT2D eigenvalue weighted by Crippen LogP contribution is 2.37. The minimum absolute atomic E-state index is 0.00850. The lowest BCUT2D eigenvalue weighted by Gasteiger charge is -2.51. The minimum Gasteiger partial charge on any atom is -0.457 e. The zero-order chi connectivity index (χ0) is 28.1. The molecule has 212 valence electrons. The van der Waals surface area contributed by atoms with E-state index in [1.54, 1.807) is 24.3 Å². The van der Waals surface area contributed by atoms with Crippen LogP contribution in [0, 0.1) is 5.92 Å². The number of hydrogen-bond donors (Lipinski definition) is 2. The van der Waals surface area contributed by atoms with Crippen molar-refractivity contribution < 1.29 is 17.9 Å². The summed E-state index contributed by atoms with van der Waals surface area (Å²) in [6.07, 6.45) is 4.18. The number of sulfonamides is 1. The van der Waals surface area contributed by atoms with E-state index in [2.05, 4.69) is 51.0 Å². The number of hydrogen-bond acceptors (Lipinski definition) is 5. The summed E-state index contributed by atoms with van der Waals surface area (Å²) in [5.41, 5.74) is 2.87. The Morgan fingerprint density at radius 2 is 1.65 bits per heavy atom. The maximum atomic E-state index is 13.1. The quantitative estimate of drug-likeness (QED) is 0.335. The molecule has 2 amide bonds. The molecule has 3 unspecified atom stereocenters. The normalized spacial score (nSPS) is 21.4. The number of unbranched alkanes of at least 4 members (excludes halogenated alkanes) is 1. The number of carbonyl (C=O) groups is 1. The molecule has 3 aromatic rings. The molecule has 0 aromatic heterocycles. The maximum Gasteiger partial charge on any atom is 0.318 e. The summed E-state index contributed by atoms with van der Waals surface area (Å²) in [5, 5.41) is 3.33. The Morgan fingerprint density at radius 3 is 2.30 bits per heavy atom. The monoisotopic (exact) mass is 562 g/mol. The summed E-state index contributed by atoms with van der Waals surface area (Å²) in [5.74, 6) is 1.67. The lowest BCUT2D eigenvalue weighted by Crippen LogP contribution is -2.63. The van der Waals surface area contributed by atoms with Gasteiger partial charge in [0.1, 0.15) is 11.5 Å². The Morgan fingerprint density at radius 1 is 0.975 bits per heavy atom. The van der Waals surface area contributed by atoms with Crippen LogP contribution in [0.15, 0.2) is 78.9 Å². The molecule has 0 spiro atoms. The fraction of sp³-hybridized carbons (Fsp3) is 0.387. The van der Waals surface area contributed by atoms with Crippen LogP contribution in [0.25, 0.3) is 0 Å².